The molecule has 4 aliphatic heterocycles. The number of piperidine rings is 1. The minimum Gasteiger partial charge on any atom is -0.304 e. The van der Waals surface area contributed by atoms with Gasteiger partial charge in [0.15, 0.2) is 0 Å². The van der Waals surface area contributed by atoms with Crippen molar-refractivity contribution in [2.24, 2.45) is 5.92 Å². The molecule has 0 amide bonds. The van der Waals surface area contributed by atoms with Crippen molar-refractivity contribution in [3.63, 3.8) is 0 Å². The second-order valence-electron chi connectivity index (χ2n) is 12.6. The Morgan fingerprint density at radius 2 is 0.978 bits per heavy atom. The summed E-state index contributed by atoms with van der Waals surface area (Å²) in [5.41, 5.74) is 3.80. The summed E-state index contributed by atoms with van der Waals surface area (Å²) in [5.74, 6) is 0.688. The first-order chi connectivity index (χ1) is 20.4. The number of likely N-dealkylation sites (N-methyl/N-ethyl adjacent to an activating group) is 1. The van der Waals surface area contributed by atoms with E-state index in [9.17, 15) is 33.7 Å². The fourth-order valence-electron chi connectivity index (χ4n) is 4.76. The van der Waals surface area contributed by atoms with Gasteiger partial charge < -0.3 is 4.90 Å². The normalized spacial score (nSPS) is 22.6. The number of rotatable bonds is 4. The summed E-state index contributed by atoms with van der Waals surface area (Å²) in [6.45, 7) is 15.0. The maximum Gasteiger partial charge on any atom is 0.211 e. The molecule has 0 saturated carbocycles. The lowest BCUT2D eigenvalue weighted by atomic mass is 10.0. The lowest BCUT2D eigenvalue weighted by Gasteiger charge is -2.30. The summed E-state index contributed by atoms with van der Waals surface area (Å²) in [4.78, 5) is 2.13. The van der Waals surface area contributed by atoms with Crippen LogP contribution in [0.25, 0.3) is 0 Å². The molecule has 0 aromatic heterocycles. The van der Waals surface area contributed by atoms with Crippen molar-refractivity contribution in [1.82, 2.24) is 22.1 Å². The SMILES string of the molecule is CC1=C(C)CN(S(C)(=O)=O)CC1.CC1=CCN(S(C)(=O)=O)CC1.CC1CCN(S(C)(=O)=O)CC1.CN1CCN(S(C)(=O)=O)CC1. The predicted molar refractivity (Wildman–Crippen MR) is 183 cm³/mol. The third-order valence-electron chi connectivity index (χ3n) is 8.36. The van der Waals surface area contributed by atoms with E-state index in [1.54, 1.807) is 4.31 Å². The quantitative estimate of drug-likeness (QED) is 0.393. The van der Waals surface area contributed by atoms with Gasteiger partial charge >= 0.3 is 0 Å². The maximum absolute atomic E-state index is 11.1. The van der Waals surface area contributed by atoms with Crippen LogP contribution in [0, 0.1) is 5.92 Å². The number of hydrogen-bond acceptors (Lipinski definition) is 9. The zero-order chi connectivity index (χ0) is 34.8. The molecule has 45 heavy (non-hydrogen) atoms. The average molecular weight is 720 g/mol. The van der Waals surface area contributed by atoms with E-state index < -0.39 is 40.1 Å². The Hall–Kier alpha value is -0.920. The fraction of sp³-hybridized carbons (Fsp3) is 0.857. The lowest BCUT2D eigenvalue weighted by molar-refractivity contribution is 0.223. The van der Waals surface area contributed by atoms with Crippen molar-refractivity contribution in [3.05, 3.63) is 22.8 Å². The smallest absolute Gasteiger partial charge is 0.211 e. The number of nitrogens with zero attached hydrogens (tertiary/aromatic N) is 5. The monoisotopic (exact) mass is 719 g/mol. The van der Waals surface area contributed by atoms with E-state index in [0.717, 1.165) is 38.8 Å². The van der Waals surface area contributed by atoms with E-state index in [0.29, 0.717) is 58.3 Å². The molecule has 17 heteroatoms. The molecular formula is C28H57N5O8S4. The van der Waals surface area contributed by atoms with E-state index in [-0.39, 0.29) is 0 Å². The van der Waals surface area contributed by atoms with Gasteiger partial charge in [0.2, 0.25) is 40.1 Å². The van der Waals surface area contributed by atoms with Gasteiger partial charge in [-0.2, -0.15) is 12.9 Å². The Balaban J connectivity index is 0.000000300. The highest BCUT2D eigenvalue weighted by Gasteiger charge is 2.23. The molecule has 0 atom stereocenters. The van der Waals surface area contributed by atoms with Crippen molar-refractivity contribution in [1.29, 1.82) is 0 Å². The molecule has 4 rings (SSSR count). The van der Waals surface area contributed by atoms with Crippen LogP contribution < -0.4 is 0 Å². The van der Waals surface area contributed by atoms with E-state index in [4.69, 9.17) is 0 Å². The third kappa shape index (κ3) is 16.6. The Kier molecular flexibility index (Phi) is 16.9. The molecule has 13 nitrogen and oxygen atoms in total. The Morgan fingerprint density at radius 1 is 0.556 bits per heavy atom. The first-order valence-corrected chi connectivity index (χ1v) is 22.6. The van der Waals surface area contributed by atoms with Gasteiger partial charge in [0.05, 0.1) is 25.0 Å². The van der Waals surface area contributed by atoms with Gasteiger partial charge in [0.25, 0.3) is 0 Å². The highest BCUT2D eigenvalue weighted by atomic mass is 32.2. The topological polar surface area (TPSA) is 153 Å². The molecule has 0 bridgehead atoms. The number of piperazine rings is 1. The number of hydrogen-bond donors (Lipinski definition) is 0. The second kappa shape index (κ2) is 18.0. The maximum atomic E-state index is 11.1. The van der Waals surface area contributed by atoms with E-state index >= 15 is 0 Å². The minimum atomic E-state index is -2.98. The van der Waals surface area contributed by atoms with Gasteiger partial charge in [-0.25, -0.2) is 38.0 Å². The Morgan fingerprint density at radius 3 is 1.36 bits per heavy atom. The van der Waals surface area contributed by atoms with E-state index in [1.807, 2.05) is 27.0 Å². The molecule has 0 aliphatic carbocycles. The van der Waals surface area contributed by atoms with Gasteiger partial charge in [-0.05, 0) is 59.4 Å². The van der Waals surface area contributed by atoms with Crippen molar-refractivity contribution < 1.29 is 33.7 Å². The van der Waals surface area contributed by atoms with Gasteiger partial charge in [0, 0.05) is 65.4 Å². The van der Waals surface area contributed by atoms with Crippen molar-refractivity contribution in [2.75, 3.05) is 97.5 Å². The van der Waals surface area contributed by atoms with E-state index in [1.165, 1.54) is 54.7 Å². The third-order valence-corrected chi connectivity index (χ3v) is 13.5. The number of sulfonamides is 4. The van der Waals surface area contributed by atoms with Gasteiger partial charge in [0.1, 0.15) is 0 Å². The summed E-state index contributed by atoms with van der Waals surface area (Å²) >= 11 is 0. The van der Waals surface area contributed by atoms with Crippen molar-refractivity contribution >= 4 is 40.1 Å². The first kappa shape index (κ1) is 42.1. The summed E-state index contributed by atoms with van der Waals surface area (Å²) in [6, 6.07) is 0. The average Bonchev–Trinajstić information content (AvgIpc) is 2.90. The van der Waals surface area contributed by atoms with Crippen LogP contribution in [0.2, 0.25) is 0 Å². The molecule has 4 heterocycles. The molecule has 266 valence electrons. The molecule has 0 aromatic rings. The van der Waals surface area contributed by atoms with Gasteiger partial charge in [-0.15, -0.1) is 0 Å². The molecular weight excluding hydrogens is 663 g/mol. The summed E-state index contributed by atoms with van der Waals surface area (Å²) in [5, 5.41) is 0. The summed E-state index contributed by atoms with van der Waals surface area (Å²) in [6.07, 6.45) is 10.8. The molecule has 0 N–H and O–H groups in total. The standard InChI is InChI=1S/C8H15NO2S.C7H15NO2S.C7H13NO2S.C6H14N2O2S/c1-7-4-5-9(6-8(7)2)12(3,10)11;3*1-7-3-5-8(6-4-7)11(2,9)10/h4-6H2,1-3H3;7H,3-6H2,1-2H3;3H,4-6H2,1-2H3;3-6H2,1-2H3. The summed E-state index contributed by atoms with van der Waals surface area (Å²) in [7, 11) is -9.80. The van der Waals surface area contributed by atoms with E-state index in [2.05, 4.69) is 18.7 Å². The van der Waals surface area contributed by atoms with Crippen LogP contribution in [-0.2, 0) is 40.1 Å². The summed E-state index contributed by atoms with van der Waals surface area (Å²) < 4.78 is 94.4. The largest absolute Gasteiger partial charge is 0.304 e. The molecule has 0 aromatic carbocycles. The van der Waals surface area contributed by atoms with Crippen LogP contribution in [0.3, 0.4) is 0 Å². The van der Waals surface area contributed by atoms with Crippen molar-refractivity contribution in [3.8, 4) is 0 Å². The molecule has 2 saturated heterocycles. The Bertz CT molecular complexity index is 1390. The van der Waals surface area contributed by atoms with Crippen LogP contribution in [0.1, 0.15) is 53.4 Å². The van der Waals surface area contributed by atoms with Gasteiger partial charge in [-0.1, -0.05) is 29.7 Å². The highest BCUT2D eigenvalue weighted by molar-refractivity contribution is 7.89. The molecule has 0 radical (unpaired) electrons. The second-order valence-corrected chi connectivity index (χ2v) is 20.6. The fourth-order valence-corrected chi connectivity index (χ4v) is 8.08. The molecule has 4 aliphatic rings. The highest BCUT2D eigenvalue weighted by Crippen LogP contribution is 2.19. The van der Waals surface area contributed by atoms with Crippen LogP contribution in [-0.4, -0.2) is 153 Å². The lowest BCUT2D eigenvalue weighted by Crippen LogP contribution is -2.46. The zero-order valence-corrected chi connectivity index (χ0v) is 32.0. The zero-order valence-electron chi connectivity index (χ0n) is 28.7. The van der Waals surface area contributed by atoms with Crippen LogP contribution in [0.4, 0.5) is 0 Å². The van der Waals surface area contributed by atoms with Crippen LogP contribution >= 0.6 is 0 Å². The molecule has 2 fully saturated rings. The predicted octanol–water partition coefficient (Wildman–Crippen LogP) is 1.46. The van der Waals surface area contributed by atoms with Crippen molar-refractivity contribution in [2.45, 2.75) is 53.4 Å². The molecule has 0 unspecified atom stereocenters. The first-order valence-electron chi connectivity index (χ1n) is 15.2. The minimum absolute atomic E-state index is 0.546. The van der Waals surface area contributed by atoms with Gasteiger partial charge in [-0.3, -0.25) is 0 Å². The molecule has 0 spiro atoms. The van der Waals surface area contributed by atoms with Crippen LogP contribution in [0.15, 0.2) is 22.8 Å². The van der Waals surface area contributed by atoms with Crippen LogP contribution in [0.5, 0.6) is 0 Å². The Labute approximate surface area is 274 Å².